The molecule has 1 aromatic heterocycles. The molecule has 0 spiro atoms. The molecule has 4 rings (SSSR count). The van der Waals surface area contributed by atoms with E-state index in [2.05, 4.69) is 45.2 Å². The smallest absolute Gasteiger partial charge is 0.128 e. The van der Waals surface area contributed by atoms with Gasteiger partial charge in [0.05, 0.1) is 45.8 Å². The number of hydrogen-bond donors (Lipinski definition) is 1. The van der Waals surface area contributed by atoms with Crippen LogP contribution < -0.4 is 8.27 Å². The van der Waals surface area contributed by atoms with Crippen LogP contribution in [-0.4, -0.2) is 41.2 Å². The van der Waals surface area contributed by atoms with Gasteiger partial charge < -0.3 is 9.30 Å². The van der Waals surface area contributed by atoms with Crippen LogP contribution in [0.25, 0.3) is 11.3 Å². The third-order valence-corrected chi connectivity index (χ3v) is 7.60. The zero-order chi connectivity index (χ0) is 20.2. The van der Waals surface area contributed by atoms with Crippen LogP contribution in [-0.2, 0) is 6.54 Å². The van der Waals surface area contributed by atoms with Crippen LogP contribution in [0, 0.1) is 5.92 Å². The largest absolute Gasteiger partial charge is 0.496 e. The normalized spacial score (nSPS) is 20.9. The highest BCUT2D eigenvalue weighted by Gasteiger charge is 2.34. The quantitative estimate of drug-likeness (QED) is 0.446. The monoisotopic (exact) mass is 507 g/mol. The molecule has 0 saturated heterocycles. The number of benzene rings is 1. The summed E-state index contributed by atoms with van der Waals surface area (Å²) in [4.78, 5) is 7.72. The summed E-state index contributed by atoms with van der Waals surface area (Å²) in [6, 6.07) is 8.45. The highest BCUT2D eigenvalue weighted by molar-refractivity contribution is 14.1. The third kappa shape index (κ3) is 4.46. The number of para-hydroxylation sites is 1. The van der Waals surface area contributed by atoms with Gasteiger partial charge >= 0.3 is 0 Å². The number of halogens is 1. The number of ether oxygens (including phenoxy) is 1. The zero-order valence-electron chi connectivity index (χ0n) is 17.4. The average Bonchev–Trinajstić information content (AvgIpc) is 3.02. The first-order valence-electron chi connectivity index (χ1n) is 10.4. The number of hydrogen-bond acceptors (Lipinski definition) is 5. The molecule has 2 atom stereocenters. The van der Waals surface area contributed by atoms with Gasteiger partial charge in [0.15, 0.2) is 0 Å². The molecule has 3 heterocycles. The lowest BCUT2D eigenvalue weighted by Gasteiger charge is -2.39. The van der Waals surface area contributed by atoms with Crippen molar-refractivity contribution < 1.29 is 4.74 Å². The van der Waals surface area contributed by atoms with Crippen LogP contribution in [0.15, 0.2) is 45.4 Å². The second kappa shape index (κ2) is 9.49. The van der Waals surface area contributed by atoms with E-state index >= 15 is 0 Å². The number of fused-ring (bicyclic) bond motifs is 1. The topological polar surface area (TPSA) is 54.7 Å². The Labute approximate surface area is 183 Å². The molecule has 7 heteroatoms. The highest BCUT2D eigenvalue weighted by Crippen LogP contribution is 2.37. The Kier molecular flexibility index (Phi) is 6.77. The molecule has 156 valence electrons. The lowest BCUT2D eigenvalue weighted by Crippen LogP contribution is -2.42. The first-order chi connectivity index (χ1) is 14.2. The number of imidazole rings is 1. The van der Waals surface area contributed by atoms with Gasteiger partial charge in [0, 0.05) is 37.9 Å². The Morgan fingerprint density at radius 1 is 1.31 bits per heavy atom. The summed E-state index contributed by atoms with van der Waals surface area (Å²) in [6.45, 7) is 8.59. The molecule has 2 aliphatic rings. The first-order valence-corrected chi connectivity index (χ1v) is 12.5. The predicted octanol–water partition coefficient (Wildman–Crippen LogP) is 4.91. The minimum absolute atomic E-state index is 0.257. The van der Waals surface area contributed by atoms with Crippen LogP contribution in [0.4, 0.5) is 0 Å². The molecule has 6 nitrogen and oxygen atoms in total. The maximum Gasteiger partial charge on any atom is 0.128 e. The van der Waals surface area contributed by atoms with Crippen molar-refractivity contribution in [1.29, 1.82) is 0 Å². The fourth-order valence-corrected chi connectivity index (χ4v) is 5.52. The standard InChI is InChI=1S/C22H30IN5O/c1-4-16(2)21-22-25-19(18-9-5-6-10-20(18)29-3)15-28(22)13-12-27(21)14-17-8-7-11-24-23-26-17/h5-6,8-10,15-16,21H,4,7,11-14H2,1-3H3,(H,24,26)/t16?,21-/m0/s1. The third-order valence-electron chi connectivity index (χ3n) is 5.85. The highest BCUT2D eigenvalue weighted by atomic mass is 127. The number of rotatable bonds is 6. The summed E-state index contributed by atoms with van der Waals surface area (Å²) in [5.74, 6) is 2.58. The van der Waals surface area contributed by atoms with Gasteiger partial charge in [0.1, 0.15) is 11.6 Å². The van der Waals surface area contributed by atoms with Crippen molar-refractivity contribution in [3.05, 3.63) is 48.1 Å². The fourth-order valence-electron chi connectivity index (χ4n) is 4.14. The van der Waals surface area contributed by atoms with E-state index in [0.29, 0.717) is 12.0 Å². The van der Waals surface area contributed by atoms with Crippen LogP contribution in [0.3, 0.4) is 0 Å². The fraction of sp³-hybridized carbons (Fsp3) is 0.500. The van der Waals surface area contributed by atoms with Gasteiger partial charge in [0.25, 0.3) is 0 Å². The summed E-state index contributed by atoms with van der Waals surface area (Å²) in [7, 11) is 1.72. The molecular formula is C22H30IN5O. The second-order valence-corrected chi connectivity index (χ2v) is 9.44. The molecule has 1 aromatic carbocycles. The lowest BCUT2D eigenvalue weighted by atomic mass is 9.95. The molecule has 2 aliphatic heterocycles. The number of nitrogens with zero attached hydrogens (tertiary/aromatic N) is 4. The van der Waals surface area contributed by atoms with Gasteiger partial charge in [-0.1, -0.05) is 38.5 Å². The molecule has 2 aromatic rings. The van der Waals surface area contributed by atoms with E-state index in [-0.39, 0.29) is 21.3 Å². The van der Waals surface area contributed by atoms with Gasteiger partial charge in [-0.25, -0.2) is 8.13 Å². The Bertz CT molecular complexity index is 906. The van der Waals surface area contributed by atoms with Gasteiger partial charge in [-0.2, -0.15) is 0 Å². The molecule has 0 aliphatic carbocycles. The van der Waals surface area contributed by atoms with Gasteiger partial charge in [-0.3, -0.25) is 8.43 Å². The van der Waals surface area contributed by atoms with Gasteiger partial charge in [-0.15, -0.1) is 0 Å². The predicted molar refractivity (Wildman–Crippen MR) is 125 cm³/mol. The molecule has 1 N–H and O–H groups in total. The number of aromatic nitrogens is 2. The van der Waals surface area contributed by atoms with E-state index in [1.807, 2.05) is 18.2 Å². The van der Waals surface area contributed by atoms with E-state index in [0.717, 1.165) is 56.0 Å². The minimum atomic E-state index is -0.257. The average molecular weight is 507 g/mol. The maximum absolute atomic E-state index is 5.58. The first kappa shape index (κ1) is 20.7. The summed E-state index contributed by atoms with van der Waals surface area (Å²) in [5.41, 5.74) is 3.31. The molecular weight excluding hydrogens is 477 g/mol. The van der Waals surface area contributed by atoms with Crippen molar-refractivity contribution in [2.24, 2.45) is 9.06 Å². The molecule has 0 radical (unpaired) electrons. The Hall–Kier alpha value is -1.58. The number of nitrogens with one attached hydrogen (secondary N) is 1. The van der Waals surface area contributed by atoms with E-state index in [9.17, 15) is 0 Å². The van der Waals surface area contributed by atoms with E-state index in [4.69, 9.17) is 12.9 Å². The summed E-state index contributed by atoms with van der Waals surface area (Å²) < 4.78 is 16.2. The lowest BCUT2D eigenvalue weighted by molar-refractivity contribution is 0.117. The van der Waals surface area contributed by atoms with Crippen molar-refractivity contribution in [3.8, 4) is 17.0 Å². The minimum Gasteiger partial charge on any atom is -0.496 e. The number of methoxy groups -OCH3 is 1. The molecule has 0 amide bonds. The maximum atomic E-state index is 5.58. The van der Waals surface area contributed by atoms with Crippen LogP contribution in [0.1, 0.15) is 38.6 Å². The van der Waals surface area contributed by atoms with Crippen LogP contribution in [0.5, 0.6) is 5.75 Å². The summed E-state index contributed by atoms with van der Waals surface area (Å²) in [5, 5.41) is 0. The Morgan fingerprint density at radius 2 is 2.17 bits per heavy atom. The summed E-state index contributed by atoms with van der Waals surface area (Å²) in [6.07, 6.45) is 6.72. The van der Waals surface area contributed by atoms with Crippen molar-refractivity contribution >= 4 is 21.3 Å². The summed E-state index contributed by atoms with van der Waals surface area (Å²) >= 11 is -0.257. The van der Waals surface area contributed by atoms with Gasteiger partial charge in [-0.05, 0) is 24.5 Å². The SMILES string of the molecule is CCC(C)[C@H]1c2nc(-c3ccccc3OC)cn2CCN1CC1=CCCNI=N1. The van der Waals surface area contributed by atoms with E-state index in [1.54, 1.807) is 7.11 Å². The molecule has 29 heavy (non-hydrogen) atoms. The van der Waals surface area contributed by atoms with Crippen molar-refractivity contribution in [2.45, 2.75) is 39.3 Å². The molecule has 0 saturated carbocycles. The zero-order valence-corrected chi connectivity index (χ0v) is 19.6. The van der Waals surface area contributed by atoms with Crippen molar-refractivity contribution in [2.75, 3.05) is 26.7 Å². The molecule has 0 fully saturated rings. The van der Waals surface area contributed by atoms with E-state index in [1.165, 1.54) is 11.5 Å². The van der Waals surface area contributed by atoms with Crippen LogP contribution in [0.2, 0.25) is 0 Å². The molecule has 1 unspecified atom stereocenters. The van der Waals surface area contributed by atoms with Crippen molar-refractivity contribution in [1.82, 2.24) is 18.0 Å². The Morgan fingerprint density at radius 3 is 3.00 bits per heavy atom. The molecule has 0 bridgehead atoms. The Balaban J connectivity index is 1.67. The van der Waals surface area contributed by atoms with Crippen molar-refractivity contribution in [3.63, 3.8) is 0 Å². The van der Waals surface area contributed by atoms with Gasteiger partial charge in [0.2, 0.25) is 0 Å². The van der Waals surface area contributed by atoms with E-state index < -0.39 is 0 Å². The second-order valence-electron chi connectivity index (χ2n) is 7.72. The van der Waals surface area contributed by atoms with Crippen LogP contribution >= 0.6 is 21.3 Å².